The maximum absolute atomic E-state index is 12.2. The van der Waals surface area contributed by atoms with Crippen molar-refractivity contribution >= 4 is 6.09 Å². The molecule has 5 heteroatoms. The van der Waals surface area contributed by atoms with Gasteiger partial charge in [-0.25, -0.2) is 4.79 Å². The van der Waals surface area contributed by atoms with E-state index in [0.29, 0.717) is 13.1 Å². The molecule has 1 atom stereocenters. The number of carbonyl (C=O) groups is 1. The van der Waals surface area contributed by atoms with Gasteiger partial charge in [-0.1, -0.05) is 6.07 Å². The van der Waals surface area contributed by atoms with Gasteiger partial charge in [-0.2, -0.15) is 0 Å². The molecule has 2 heterocycles. The molecule has 0 saturated carbocycles. The third kappa shape index (κ3) is 3.86. The maximum atomic E-state index is 12.2. The molecule has 21 heavy (non-hydrogen) atoms. The summed E-state index contributed by atoms with van der Waals surface area (Å²) in [6, 6.07) is 3.74. The van der Waals surface area contributed by atoms with E-state index in [-0.39, 0.29) is 17.6 Å². The molecule has 1 aromatic heterocycles. The van der Waals surface area contributed by atoms with E-state index < -0.39 is 5.60 Å². The molecule has 0 aliphatic carbocycles. The van der Waals surface area contributed by atoms with Gasteiger partial charge in [0.15, 0.2) is 0 Å². The minimum atomic E-state index is -0.493. The highest BCUT2D eigenvalue weighted by Gasteiger charge is 2.29. The molecule has 116 valence electrons. The number of aryl methyl sites for hydroxylation is 1. The van der Waals surface area contributed by atoms with E-state index in [1.165, 1.54) is 0 Å². The van der Waals surface area contributed by atoms with Crippen LogP contribution in [-0.2, 0) is 11.8 Å². The summed E-state index contributed by atoms with van der Waals surface area (Å²) in [7, 11) is 1.75. The molecule has 1 aliphatic rings. The normalized spacial score (nSPS) is 19.4. The molecule has 0 spiro atoms. The van der Waals surface area contributed by atoms with Crippen molar-refractivity contribution in [2.24, 2.45) is 7.05 Å². The van der Waals surface area contributed by atoms with Crippen LogP contribution in [0.4, 0.5) is 4.79 Å². The van der Waals surface area contributed by atoms with E-state index in [9.17, 15) is 9.59 Å². The van der Waals surface area contributed by atoms with Gasteiger partial charge in [0.05, 0.1) is 0 Å². The minimum absolute atomic E-state index is 0.0218. The molecule has 1 amide bonds. The largest absolute Gasteiger partial charge is 0.444 e. The monoisotopic (exact) mass is 292 g/mol. The highest BCUT2D eigenvalue weighted by molar-refractivity contribution is 5.68. The first-order valence-corrected chi connectivity index (χ1v) is 7.41. The third-order valence-corrected chi connectivity index (χ3v) is 3.67. The van der Waals surface area contributed by atoms with Crippen LogP contribution in [0.1, 0.15) is 45.1 Å². The lowest BCUT2D eigenvalue weighted by molar-refractivity contribution is 0.0198. The second-order valence-corrected chi connectivity index (χ2v) is 6.65. The number of hydrogen-bond donors (Lipinski definition) is 0. The zero-order valence-electron chi connectivity index (χ0n) is 13.3. The number of rotatable bonds is 1. The van der Waals surface area contributed by atoms with Crippen molar-refractivity contribution in [2.75, 3.05) is 13.1 Å². The van der Waals surface area contributed by atoms with Crippen LogP contribution < -0.4 is 5.56 Å². The zero-order chi connectivity index (χ0) is 15.6. The molecular formula is C16H24N2O3. The highest BCUT2D eigenvalue weighted by atomic mass is 16.6. The van der Waals surface area contributed by atoms with Crippen molar-refractivity contribution in [3.63, 3.8) is 0 Å². The Kier molecular flexibility index (Phi) is 4.40. The summed E-state index contributed by atoms with van der Waals surface area (Å²) < 4.78 is 7.00. The van der Waals surface area contributed by atoms with E-state index in [0.717, 1.165) is 18.4 Å². The fraction of sp³-hybridized carbons (Fsp3) is 0.625. The number of aromatic nitrogens is 1. The highest BCUT2D eigenvalue weighted by Crippen LogP contribution is 2.25. The molecular weight excluding hydrogens is 268 g/mol. The average Bonchev–Trinajstić information content (AvgIpc) is 2.40. The lowest BCUT2D eigenvalue weighted by Gasteiger charge is -2.34. The summed E-state index contributed by atoms with van der Waals surface area (Å²) in [5.74, 6) is 0.0890. The predicted molar refractivity (Wildman–Crippen MR) is 81.5 cm³/mol. The fourth-order valence-electron chi connectivity index (χ4n) is 2.65. The molecule has 1 aliphatic heterocycles. The van der Waals surface area contributed by atoms with Crippen LogP contribution in [0.3, 0.4) is 0 Å². The molecule has 0 radical (unpaired) electrons. The van der Waals surface area contributed by atoms with Crippen LogP contribution in [0.5, 0.6) is 0 Å². The Bertz CT molecular complexity index is 572. The van der Waals surface area contributed by atoms with E-state index in [1.807, 2.05) is 32.9 Å². The number of ether oxygens (including phenoxy) is 1. The molecule has 0 aromatic carbocycles. The molecule has 1 unspecified atom stereocenters. The van der Waals surface area contributed by atoms with E-state index in [1.54, 1.807) is 22.7 Å². The molecule has 1 fully saturated rings. The summed E-state index contributed by atoms with van der Waals surface area (Å²) in [5, 5.41) is 0. The van der Waals surface area contributed by atoms with Crippen molar-refractivity contribution < 1.29 is 9.53 Å². The van der Waals surface area contributed by atoms with Crippen molar-refractivity contribution in [1.82, 2.24) is 9.47 Å². The summed E-state index contributed by atoms with van der Waals surface area (Å²) in [6.07, 6.45) is 3.28. The van der Waals surface area contributed by atoms with Crippen LogP contribution >= 0.6 is 0 Å². The minimum Gasteiger partial charge on any atom is -0.444 e. The van der Waals surface area contributed by atoms with Crippen molar-refractivity contribution in [2.45, 2.75) is 45.1 Å². The quantitative estimate of drug-likeness (QED) is 0.799. The van der Waals surface area contributed by atoms with Crippen molar-refractivity contribution in [3.05, 3.63) is 34.2 Å². The number of nitrogens with zero attached hydrogens (tertiary/aromatic N) is 2. The maximum Gasteiger partial charge on any atom is 0.410 e. The van der Waals surface area contributed by atoms with Gasteiger partial charge < -0.3 is 14.2 Å². The average molecular weight is 292 g/mol. The van der Waals surface area contributed by atoms with Gasteiger partial charge in [0, 0.05) is 37.8 Å². The summed E-state index contributed by atoms with van der Waals surface area (Å²) in [4.78, 5) is 26.1. The van der Waals surface area contributed by atoms with Crippen molar-refractivity contribution in [1.29, 1.82) is 0 Å². The standard InChI is InChI=1S/C16H24N2O3/c1-16(2,3)21-15(20)18-10-5-7-12(11-18)13-8-6-9-17(4)14(13)19/h6,8-9,12H,5,7,10-11H2,1-4H3. The lowest BCUT2D eigenvalue weighted by Crippen LogP contribution is -2.43. The van der Waals surface area contributed by atoms with E-state index in [2.05, 4.69) is 0 Å². The Hall–Kier alpha value is -1.78. The number of pyridine rings is 1. The Morgan fingerprint density at radius 3 is 2.76 bits per heavy atom. The summed E-state index contributed by atoms with van der Waals surface area (Å²) in [6.45, 7) is 6.82. The van der Waals surface area contributed by atoms with Crippen LogP contribution in [0.2, 0.25) is 0 Å². The number of amides is 1. The number of piperidine rings is 1. The molecule has 1 saturated heterocycles. The second-order valence-electron chi connectivity index (χ2n) is 6.65. The molecule has 2 rings (SSSR count). The molecule has 0 N–H and O–H groups in total. The van der Waals surface area contributed by atoms with E-state index in [4.69, 9.17) is 4.74 Å². The Balaban J connectivity index is 2.12. The Labute approximate surface area is 125 Å². The Morgan fingerprint density at radius 1 is 1.38 bits per heavy atom. The van der Waals surface area contributed by atoms with Crippen LogP contribution in [-0.4, -0.2) is 34.3 Å². The topological polar surface area (TPSA) is 51.5 Å². The fourth-order valence-corrected chi connectivity index (χ4v) is 2.65. The first-order chi connectivity index (χ1) is 9.78. The number of hydrogen-bond acceptors (Lipinski definition) is 3. The summed E-state index contributed by atoms with van der Waals surface area (Å²) in [5.41, 5.74) is 0.314. The predicted octanol–water partition coefficient (Wildman–Crippen LogP) is 2.50. The number of carbonyl (C=O) groups excluding carboxylic acids is 1. The van der Waals surface area contributed by atoms with Gasteiger partial charge in [-0.3, -0.25) is 4.79 Å². The van der Waals surface area contributed by atoms with Crippen LogP contribution in [0.15, 0.2) is 23.1 Å². The third-order valence-electron chi connectivity index (χ3n) is 3.67. The van der Waals surface area contributed by atoms with Gasteiger partial charge in [0.2, 0.25) is 0 Å². The van der Waals surface area contributed by atoms with Crippen LogP contribution in [0.25, 0.3) is 0 Å². The van der Waals surface area contributed by atoms with Gasteiger partial charge in [0.1, 0.15) is 5.60 Å². The first kappa shape index (κ1) is 15.6. The zero-order valence-corrected chi connectivity index (χ0v) is 13.3. The van der Waals surface area contributed by atoms with Gasteiger partial charge in [0.25, 0.3) is 5.56 Å². The van der Waals surface area contributed by atoms with Gasteiger partial charge >= 0.3 is 6.09 Å². The SMILES string of the molecule is Cn1cccc(C2CCCN(C(=O)OC(C)(C)C)C2)c1=O. The smallest absolute Gasteiger partial charge is 0.410 e. The summed E-state index contributed by atoms with van der Waals surface area (Å²) >= 11 is 0. The van der Waals surface area contributed by atoms with E-state index >= 15 is 0 Å². The number of likely N-dealkylation sites (tertiary alicyclic amines) is 1. The van der Waals surface area contributed by atoms with Gasteiger partial charge in [-0.15, -0.1) is 0 Å². The second kappa shape index (κ2) is 5.92. The first-order valence-electron chi connectivity index (χ1n) is 7.41. The van der Waals surface area contributed by atoms with Gasteiger partial charge in [-0.05, 0) is 39.7 Å². The van der Waals surface area contributed by atoms with Crippen LogP contribution in [0, 0.1) is 0 Å². The molecule has 0 bridgehead atoms. The molecule has 1 aromatic rings. The Morgan fingerprint density at radius 2 is 2.10 bits per heavy atom. The molecule has 5 nitrogen and oxygen atoms in total. The van der Waals surface area contributed by atoms with Crippen molar-refractivity contribution in [3.8, 4) is 0 Å². The lowest BCUT2D eigenvalue weighted by atomic mass is 9.91.